The van der Waals surface area contributed by atoms with E-state index in [4.69, 9.17) is 18.0 Å². The van der Waals surface area contributed by atoms with E-state index < -0.39 is 0 Å². The van der Waals surface area contributed by atoms with Gasteiger partial charge in [0.1, 0.15) is 10.8 Å². The molecule has 0 atom stereocenters. The van der Waals surface area contributed by atoms with Crippen molar-refractivity contribution in [3.63, 3.8) is 0 Å². The summed E-state index contributed by atoms with van der Waals surface area (Å²) in [6.07, 6.45) is 2.57. The highest BCUT2D eigenvalue weighted by molar-refractivity contribution is 7.80. The number of rotatable bonds is 5. The summed E-state index contributed by atoms with van der Waals surface area (Å²) in [5.74, 6) is 0.466. The molecule has 0 unspecified atom stereocenters. The van der Waals surface area contributed by atoms with Gasteiger partial charge in [0.15, 0.2) is 0 Å². The molecule has 0 aromatic heterocycles. The van der Waals surface area contributed by atoms with Crippen molar-refractivity contribution in [2.24, 2.45) is 11.7 Å². The maximum absolute atomic E-state index is 13.3. The highest BCUT2D eigenvalue weighted by Crippen LogP contribution is 2.33. The molecule has 98 valence electrons. The van der Waals surface area contributed by atoms with Gasteiger partial charge in [-0.1, -0.05) is 12.2 Å². The third-order valence-corrected chi connectivity index (χ3v) is 3.53. The van der Waals surface area contributed by atoms with Crippen molar-refractivity contribution in [2.45, 2.75) is 32.7 Å². The van der Waals surface area contributed by atoms with Crippen molar-refractivity contribution >= 4 is 22.9 Å². The van der Waals surface area contributed by atoms with Crippen LogP contribution in [0.25, 0.3) is 0 Å². The van der Waals surface area contributed by atoms with Crippen LogP contribution in [-0.2, 0) is 0 Å². The molecule has 0 amide bonds. The summed E-state index contributed by atoms with van der Waals surface area (Å²) < 4.78 is 13.3. The van der Waals surface area contributed by atoms with E-state index in [0.717, 1.165) is 18.2 Å². The first-order chi connectivity index (χ1) is 8.49. The fourth-order valence-corrected chi connectivity index (χ4v) is 2.29. The molecule has 1 aromatic rings. The molecule has 0 aliphatic heterocycles. The number of thiocarbonyl (C=S) groups is 1. The van der Waals surface area contributed by atoms with Gasteiger partial charge in [-0.05, 0) is 50.8 Å². The van der Waals surface area contributed by atoms with Crippen molar-refractivity contribution in [1.29, 1.82) is 0 Å². The number of nitrogens with zero attached hydrogens (tertiary/aromatic N) is 1. The zero-order chi connectivity index (χ0) is 13.3. The summed E-state index contributed by atoms with van der Waals surface area (Å²) in [6.45, 7) is 5.27. The lowest BCUT2D eigenvalue weighted by Crippen LogP contribution is -2.34. The van der Waals surface area contributed by atoms with Gasteiger partial charge in [0, 0.05) is 23.8 Å². The molecular formula is C14H19FN2S. The van der Waals surface area contributed by atoms with E-state index in [0.29, 0.717) is 11.6 Å². The van der Waals surface area contributed by atoms with Gasteiger partial charge in [-0.15, -0.1) is 0 Å². The van der Waals surface area contributed by atoms with Gasteiger partial charge in [-0.2, -0.15) is 0 Å². The molecule has 4 heteroatoms. The van der Waals surface area contributed by atoms with Crippen LogP contribution >= 0.6 is 12.2 Å². The quantitative estimate of drug-likeness (QED) is 0.830. The zero-order valence-corrected chi connectivity index (χ0v) is 11.6. The molecule has 0 bridgehead atoms. The Hall–Kier alpha value is -1.16. The van der Waals surface area contributed by atoms with Crippen LogP contribution in [0.5, 0.6) is 0 Å². The molecule has 1 aliphatic carbocycles. The maximum Gasteiger partial charge on any atom is 0.124 e. The van der Waals surface area contributed by atoms with Crippen LogP contribution in [0.4, 0.5) is 10.1 Å². The minimum absolute atomic E-state index is 0.256. The molecule has 2 N–H and O–H groups in total. The summed E-state index contributed by atoms with van der Waals surface area (Å²) in [5.41, 5.74) is 7.29. The molecular weight excluding hydrogens is 247 g/mol. The van der Waals surface area contributed by atoms with Crippen molar-refractivity contribution in [1.82, 2.24) is 0 Å². The number of halogens is 1. The number of nitrogens with two attached hydrogens (primary N) is 1. The van der Waals surface area contributed by atoms with E-state index in [1.807, 2.05) is 0 Å². The summed E-state index contributed by atoms with van der Waals surface area (Å²) in [7, 11) is 0. The average Bonchev–Trinajstić information content (AvgIpc) is 3.09. The third kappa shape index (κ3) is 2.99. The standard InChI is InChI=1S/C14H19FN2S/c1-9(2)17(8-10-3-4-10)13-6-5-11(15)7-12(13)14(16)18/h5-7,9-10H,3-4,8H2,1-2H3,(H2,16,18). The number of hydrogen-bond donors (Lipinski definition) is 1. The Balaban J connectivity index is 2.35. The van der Waals surface area contributed by atoms with Crippen LogP contribution < -0.4 is 10.6 Å². The first kappa shape index (κ1) is 13.3. The van der Waals surface area contributed by atoms with E-state index in [2.05, 4.69) is 18.7 Å². The second-order valence-electron chi connectivity index (χ2n) is 5.22. The van der Waals surface area contributed by atoms with Gasteiger partial charge < -0.3 is 10.6 Å². The summed E-state index contributed by atoms with van der Waals surface area (Å²) in [4.78, 5) is 2.52. The summed E-state index contributed by atoms with van der Waals surface area (Å²) in [6, 6.07) is 5.04. The normalized spacial score (nSPS) is 14.9. The van der Waals surface area contributed by atoms with Crippen LogP contribution in [-0.4, -0.2) is 17.6 Å². The molecule has 1 aromatic carbocycles. The Morgan fingerprint density at radius 3 is 2.67 bits per heavy atom. The molecule has 0 radical (unpaired) electrons. The van der Waals surface area contributed by atoms with Crippen molar-refractivity contribution in [2.75, 3.05) is 11.4 Å². The van der Waals surface area contributed by atoms with Crippen LogP contribution in [0.2, 0.25) is 0 Å². The first-order valence-corrected chi connectivity index (χ1v) is 6.76. The highest BCUT2D eigenvalue weighted by atomic mass is 32.1. The molecule has 1 aliphatic rings. The van der Waals surface area contributed by atoms with E-state index in [9.17, 15) is 4.39 Å². The fourth-order valence-electron chi connectivity index (χ4n) is 2.12. The van der Waals surface area contributed by atoms with E-state index in [-0.39, 0.29) is 10.8 Å². The van der Waals surface area contributed by atoms with Gasteiger partial charge in [0.2, 0.25) is 0 Å². The topological polar surface area (TPSA) is 29.3 Å². The molecule has 2 rings (SSSR count). The van der Waals surface area contributed by atoms with Crippen LogP contribution in [0.1, 0.15) is 32.3 Å². The van der Waals surface area contributed by atoms with Gasteiger partial charge in [-0.3, -0.25) is 0 Å². The van der Waals surface area contributed by atoms with Crippen molar-refractivity contribution < 1.29 is 4.39 Å². The SMILES string of the molecule is CC(C)N(CC1CC1)c1ccc(F)cc1C(N)=S. The highest BCUT2D eigenvalue weighted by Gasteiger charge is 2.27. The predicted molar refractivity (Wildman–Crippen MR) is 77.5 cm³/mol. The summed E-state index contributed by atoms with van der Waals surface area (Å²) in [5, 5.41) is 0. The number of benzene rings is 1. The van der Waals surface area contributed by atoms with Gasteiger partial charge in [0.25, 0.3) is 0 Å². The minimum atomic E-state index is -0.295. The van der Waals surface area contributed by atoms with E-state index in [1.54, 1.807) is 6.07 Å². The smallest absolute Gasteiger partial charge is 0.124 e. The van der Waals surface area contributed by atoms with Crippen LogP contribution in [0.3, 0.4) is 0 Å². The van der Waals surface area contributed by atoms with Crippen molar-refractivity contribution in [3.05, 3.63) is 29.6 Å². The van der Waals surface area contributed by atoms with Gasteiger partial charge >= 0.3 is 0 Å². The lowest BCUT2D eigenvalue weighted by molar-refractivity contribution is 0.622. The Bertz CT molecular complexity index is 455. The average molecular weight is 266 g/mol. The van der Waals surface area contributed by atoms with Crippen LogP contribution in [0, 0.1) is 11.7 Å². The third-order valence-electron chi connectivity index (χ3n) is 3.31. The Morgan fingerprint density at radius 1 is 1.50 bits per heavy atom. The fraction of sp³-hybridized carbons (Fsp3) is 0.500. The lowest BCUT2D eigenvalue weighted by Gasteiger charge is -2.31. The first-order valence-electron chi connectivity index (χ1n) is 6.35. The number of hydrogen-bond acceptors (Lipinski definition) is 2. The lowest BCUT2D eigenvalue weighted by atomic mass is 10.1. The van der Waals surface area contributed by atoms with E-state index in [1.165, 1.54) is 25.0 Å². The van der Waals surface area contributed by atoms with Gasteiger partial charge in [0.05, 0.1) is 0 Å². The van der Waals surface area contributed by atoms with Gasteiger partial charge in [-0.25, -0.2) is 4.39 Å². The Kier molecular flexibility index (Phi) is 3.85. The molecule has 1 fully saturated rings. The van der Waals surface area contributed by atoms with Crippen molar-refractivity contribution in [3.8, 4) is 0 Å². The second kappa shape index (κ2) is 5.22. The summed E-state index contributed by atoms with van der Waals surface area (Å²) >= 11 is 5.03. The molecule has 1 saturated carbocycles. The van der Waals surface area contributed by atoms with Crippen LogP contribution in [0.15, 0.2) is 18.2 Å². The Morgan fingerprint density at radius 2 is 2.17 bits per heavy atom. The molecule has 2 nitrogen and oxygen atoms in total. The van der Waals surface area contributed by atoms with E-state index >= 15 is 0 Å². The Labute approximate surface area is 113 Å². The maximum atomic E-state index is 13.3. The predicted octanol–water partition coefficient (Wildman–Crippen LogP) is 3.08. The second-order valence-corrected chi connectivity index (χ2v) is 5.66. The molecule has 0 spiro atoms. The minimum Gasteiger partial charge on any atom is -0.389 e. The largest absolute Gasteiger partial charge is 0.389 e. The molecule has 18 heavy (non-hydrogen) atoms. The monoisotopic (exact) mass is 266 g/mol. The number of anilines is 1. The molecule has 0 heterocycles. The molecule has 0 saturated heterocycles. The zero-order valence-electron chi connectivity index (χ0n) is 10.8.